The summed E-state index contributed by atoms with van der Waals surface area (Å²) in [5.41, 5.74) is 0.964. The van der Waals surface area contributed by atoms with Crippen molar-refractivity contribution in [3.8, 4) is 0 Å². The summed E-state index contributed by atoms with van der Waals surface area (Å²) in [6.45, 7) is 8.47. The molecule has 1 rings (SSSR count). The van der Waals surface area contributed by atoms with Crippen molar-refractivity contribution in [2.75, 3.05) is 27.4 Å². The molecule has 0 aliphatic rings. The summed E-state index contributed by atoms with van der Waals surface area (Å²) < 4.78 is 12.7. The van der Waals surface area contributed by atoms with E-state index in [1.165, 1.54) is 0 Å². The molecule has 20 heavy (non-hydrogen) atoms. The second kappa shape index (κ2) is 8.62. The number of methoxy groups -OCH3 is 2. The number of aromatic nitrogens is 2. The fraction of sp³-hybridized carbons (Fsp3) is 0.786. The fourth-order valence-corrected chi connectivity index (χ4v) is 2.68. The lowest BCUT2D eigenvalue weighted by Crippen LogP contribution is -2.38. The Morgan fingerprint density at radius 1 is 1.40 bits per heavy atom. The number of hydrogen-bond donors (Lipinski definition) is 1. The van der Waals surface area contributed by atoms with Crippen molar-refractivity contribution in [3.05, 3.63) is 16.9 Å². The lowest BCUT2D eigenvalue weighted by molar-refractivity contribution is 0.0302. The number of hydrogen-bond acceptors (Lipinski definition) is 4. The van der Waals surface area contributed by atoms with Gasteiger partial charge in [0, 0.05) is 14.2 Å². The Bertz CT molecular complexity index is 396. The Kier molecular flexibility index (Phi) is 7.51. The van der Waals surface area contributed by atoms with E-state index >= 15 is 0 Å². The first-order valence-corrected chi connectivity index (χ1v) is 7.40. The van der Waals surface area contributed by atoms with E-state index in [9.17, 15) is 0 Å². The van der Waals surface area contributed by atoms with E-state index < -0.39 is 0 Å². The third-order valence-corrected chi connectivity index (χ3v) is 3.61. The Morgan fingerprint density at radius 2 is 2.10 bits per heavy atom. The van der Waals surface area contributed by atoms with Crippen molar-refractivity contribution in [1.29, 1.82) is 0 Å². The van der Waals surface area contributed by atoms with Gasteiger partial charge in [0.05, 0.1) is 42.2 Å². The molecule has 1 aromatic heterocycles. The van der Waals surface area contributed by atoms with Gasteiger partial charge in [0.1, 0.15) is 0 Å². The molecule has 0 saturated carbocycles. The highest BCUT2D eigenvalue weighted by molar-refractivity contribution is 6.31. The highest BCUT2D eigenvalue weighted by Crippen LogP contribution is 2.29. The van der Waals surface area contributed by atoms with Gasteiger partial charge in [-0.3, -0.25) is 4.68 Å². The quantitative estimate of drug-likeness (QED) is 0.761. The van der Waals surface area contributed by atoms with Crippen LogP contribution in [0.1, 0.15) is 32.5 Å². The first kappa shape index (κ1) is 17.4. The van der Waals surface area contributed by atoms with Crippen LogP contribution in [0, 0.1) is 5.92 Å². The summed E-state index contributed by atoms with van der Waals surface area (Å²) in [5.74, 6) is 0.367. The topological polar surface area (TPSA) is 48.3 Å². The molecule has 0 amide bonds. The third-order valence-electron chi connectivity index (χ3n) is 3.32. The first-order valence-electron chi connectivity index (χ1n) is 7.03. The standard InChI is InChI=1S/C14H26ClN3O2/c1-6-16-12(14(20-5)10(2)3)13-11(15)9-17-18(13)7-8-19-4/h9-10,12,14,16H,6-8H2,1-5H3. The van der Waals surface area contributed by atoms with Crippen LogP contribution in [0.4, 0.5) is 0 Å². The first-order chi connectivity index (χ1) is 9.56. The van der Waals surface area contributed by atoms with Crippen LogP contribution in [0.25, 0.3) is 0 Å². The number of ether oxygens (including phenoxy) is 2. The molecule has 2 unspecified atom stereocenters. The van der Waals surface area contributed by atoms with Crippen LogP contribution in [0.5, 0.6) is 0 Å². The average Bonchev–Trinajstić information content (AvgIpc) is 2.77. The predicted octanol–water partition coefficient (Wildman–Crippen LogP) is 2.50. The van der Waals surface area contributed by atoms with E-state index in [1.54, 1.807) is 20.4 Å². The van der Waals surface area contributed by atoms with Gasteiger partial charge in [-0.25, -0.2) is 0 Å². The van der Waals surface area contributed by atoms with Crippen LogP contribution >= 0.6 is 11.6 Å². The molecule has 5 nitrogen and oxygen atoms in total. The molecule has 0 aliphatic heterocycles. The second-order valence-electron chi connectivity index (χ2n) is 5.07. The van der Waals surface area contributed by atoms with Crippen molar-refractivity contribution in [3.63, 3.8) is 0 Å². The molecule has 0 fully saturated rings. The van der Waals surface area contributed by atoms with E-state index in [0.717, 1.165) is 12.2 Å². The Morgan fingerprint density at radius 3 is 2.60 bits per heavy atom. The fourth-order valence-electron chi connectivity index (χ4n) is 2.42. The maximum atomic E-state index is 6.34. The van der Waals surface area contributed by atoms with Gasteiger partial charge in [-0.05, 0) is 12.5 Å². The van der Waals surface area contributed by atoms with Crippen LogP contribution in [-0.4, -0.2) is 43.3 Å². The molecule has 0 aromatic carbocycles. The molecule has 1 N–H and O–H groups in total. The highest BCUT2D eigenvalue weighted by atomic mass is 35.5. The number of nitrogens with zero attached hydrogens (tertiary/aromatic N) is 2. The summed E-state index contributed by atoms with van der Waals surface area (Å²) in [4.78, 5) is 0. The SMILES string of the molecule is CCNC(c1c(Cl)cnn1CCOC)C(OC)C(C)C. The zero-order valence-corrected chi connectivity index (χ0v) is 13.8. The van der Waals surface area contributed by atoms with E-state index in [4.69, 9.17) is 21.1 Å². The molecule has 0 spiro atoms. The zero-order chi connectivity index (χ0) is 15.1. The zero-order valence-electron chi connectivity index (χ0n) is 13.0. The number of rotatable bonds is 9. The van der Waals surface area contributed by atoms with Gasteiger partial charge >= 0.3 is 0 Å². The summed E-state index contributed by atoms with van der Waals surface area (Å²) in [5, 5.41) is 8.47. The summed E-state index contributed by atoms with van der Waals surface area (Å²) >= 11 is 6.34. The lowest BCUT2D eigenvalue weighted by Gasteiger charge is -2.30. The van der Waals surface area contributed by atoms with Gasteiger partial charge in [0.2, 0.25) is 0 Å². The molecule has 0 bridgehead atoms. The van der Waals surface area contributed by atoms with Gasteiger partial charge in [-0.2, -0.15) is 5.10 Å². The van der Waals surface area contributed by atoms with Crippen molar-refractivity contribution in [2.45, 2.75) is 39.5 Å². The smallest absolute Gasteiger partial charge is 0.0835 e. The Balaban J connectivity index is 3.09. The number of halogens is 1. The Labute approximate surface area is 126 Å². The van der Waals surface area contributed by atoms with E-state index in [1.807, 2.05) is 4.68 Å². The normalized spacial score (nSPS) is 14.8. The summed E-state index contributed by atoms with van der Waals surface area (Å²) in [7, 11) is 3.41. The third kappa shape index (κ3) is 4.19. The minimum absolute atomic E-state index is 0.0110. The molecule has 0 radical (unpaired) electrons. The van der Waals surface area contributed by atoms with Gasteiger partial charge in [0.15, 0.2) is 0 Å². The molecule has 6 heteroatoms. The highest BCUT2D eigenvalue weighted by Gasteiger charge is 2.30. The van der Waals surface area contributed by atoms with Gasteiger partial charge in [-0.15, -0.1) is 0 Å². The molecule has 116 valence electrons. The van der Waals surface area contributed by atoms with Crippen molar-refractivity contribution in [1.82, 2.24) is 15.1 Å². The van der Waals surface area contributed by atoms with Gasteiger partial charge < -0.3 is 14.8 Å². The van der Waals surface area contributed by atoms with E-state index in [2.05, 4.69) is 31.2 Å². The predicted molar refractivity (Wildman–Crippen MR) is 81.2 cm³/mol. The molecule has 0 aliphatic carbocycles. The van der Waals surface area contributed by atoms with Crippen LogP contribution in [0.3, 0.4) is 0 Å². The maximum absolute atomic E-state index is 6.34. The number of nitrogens with one attached hydrogen (secondary N) is 1. The van der Waals surface area contributed by atoms with Crippen molar-refractivity contribution >= 4 is 11.6 Å². The van der Waals surface area contributed by atoms with Crippen molar-refractivity contribution in [2.24, 2.45) is 5.92 Å². The molecule has 1 aromatic rings. The molecular weight excluding hydrogens is 278 g/mol. The summed E-state index contributed by atoms with van der Waals surface area (Å²) in [6.07, 6.45) is 1.72. The van der Waals surface area contributed by atoms with Crippen molar-refractivity contribution < 1.29 is 9.47 Å². The molecule has 2 atom stereocenters. The van der Waals surface area contributed by atoms with Crippen LogP contribution in [0.15, 0.2) is 6.20 Å². The van der Waals surface area contributed by atoms with Crippen LogP contribution in [-0.2, 0) is 16.0 Å². The molecular formula is C14H26ClN3O2. The van der Waals surface area contributed by atoms with Gasteiger partial charge in [0.25, 0.3) is 0 Å². The van der Waals surface area contributed by atoms with E-state index in [-0.39, 0.29) is 12.1 Å². The lowest BCUT2D eigenvalue weighted by atomic mass is 9.96. The average molecular weight is 304 g/mol. The Hall–Kier alpha value is -0.620. The molecule has 0 saturated heterocycles. The second-order valence-corrected chi connectivity index (χ2v) is 5.48. The van der Waals surface area contributed by atoms with Crippen LogP contribution in [0.2, 0.25) is 5.02 Å². The largest absolute Gasteiger partial charge is 0.383 e. The van der Waals surface area contributed by atoms with E-state index in [0.29, 0.717) is 24.1 Å². The number of likely N-dealkylation sites (N-methyl/N-ethyl adjacent to an activating group) is 1. The monoisotopic (exact) mass is 303 g/mol. The maximum Gasteiger partial charge on any atom is 0.0835 e. The van der Waals surface area contributed by atoms with Gasteiger partial charge in [-0.1, -0.05) is 32.4 Å². The minimum atomic E-state index is 0.0110. The molecule has 1 heterocycles. The van der Waals surface area contributed by atoms with Crippen LogP contribution < -0.4 is 5.32 Å². The minimum Gasteiger partial charge on any atom is -0.383 e. The summed E-state index contributed by atoms with van der Waals surface area (Å²) in [6, 6.07) is 0.0110.